The molecule has 0 bridgehead atoms. The molecule has 6 nitrogen and oxygen atoms in total. The van der Waals surface area contributed by atoms with Crippen LogP contribution in [0.25, 0.3) is 0 Å². The van der Waals surface area contributed by atoms with E-state index in [0.717, 1.165) is 12.1 Å². The Morgan fingerprint density at radius 2 is 1.61 bits per heavy atom. The van der Waals surface area contributed by atoms with Gasteiger partial charge in [-0.25, -0.2) is 8.42 Å². The van der Waals surface area contributed by atoms with Gasteiger partial charge in [0.2, 0.25) is 0 Å². The summed E-state index contributed by atoms with van der Waals surface area (Å²) >= 11 is 0. The minimum absolute atomic E-state index is 0.184. The van der Waals surface area contributed by atoms with Gasteiger partial charge in [0, 0.05) is 11.3 Å². The molecule has 1 amide bonds. The molecule has 31 heavy (non-hydrogen) atoms. The number of carbonyl (C=O) groups excluding carboxylic acids is 1. The number of carbonyl (C=O) groups is 1. The molecular weight excluding hydrogens is 433 g/mol. The van der Waals surface area contributed by atoms with Crippen LogP contribution < -0.4 is 14.8 Å². The number of ether oxygens (including phenoxy) is 1. The highest BCUT2D eigenvalue weighted by Crippen LogP contribution is 2.31. The summed E-state index contributed by atoms with van der Waals surface area (Å²) in [5, 5.41) is 2.66. The molecule has 0 aliphatic carbocycles. The molecule has 0 fully saturated rings. The number of sulfonamides is 1. The molecule has 0 aromatic heterocycles. The third-order valence-corrected chi connectivity index (χ3v) is 5.62. The highest BCUT2D eigenvalue weighted by atomic mass is 32.2. The largest absolute Gasteiger partial charge is 0.495 e. The SMILES string of the molecule is COc1ccccc1NC(=O)c1ccc(S(=O)(=O)Nc2cccc(C(F)(F)F)c2)cc1. The molecular formula is C21H17F3N2O4S. The van der Waals surface area contributed by atoms with Crippen LogP contribution in [0.3, 0.4) is 0 Å². The number of rotatable bonds is 6. The van der Waals surface area contributed by atoms with Gasteiger partial charge in [-0.2, -0.15) is 13.2 Å². The third-order valence-electron chi connectivity index (χ3n) is 4.22. The fourth-order valence-electron chi connectivity index (χ4n) is 2.70. The zero-order chi connectivity index (χ0) is 22.6. The van der Waals surface area contributed by atoms with E-state index >= 15 is 0 Å². The van der Waals surface area contributed by atoms with Gasteiger partial charge in [0.25, 0.3) is 15.9 Å². The molecule has 3 aromatic rings. The standard InChI is InChI=1S/C21H17F3N2O4S/c1-30-19-8-3-2-7-18(19)25-20(27)14-9-11-17(12-10-14)31(28,29)26-16-6-4-5-15(13-16)21(22,23)24/h2-13,26H,1H3,(H,25,27). The van der Waals surface area contributed by atoms with Crippen LogP contribution in [0.2, 0.25) is 0 Å². The Bertz CT molecular complexity index is 1190. The molecule has 0 spiro atoms. The maximum absolute atomic E-state index is 12.8. The Kier molecular flexibility index (Phi) is 6.21. The van der Waals surface area contributed by atoms with E-state index in [2.05, 4.69) is 10.0 Å². The molecule has 10 heteroatoms. The van der Waals surface area contributed by atoms with Gasteiger partial charge in [0.05, 0.1) is 23.3 Å². The molecule has 0 aliphatic heterocycles. The number of para-hydroxylation sites is 2. The van der Waals surface area contributed by atoms with E-state index in [4.69, 9.17) is 4.74 Å². The van der Waals surface area contributed by atoms with Gasteiger partial charge in [-0.15, -0.1) is 0 Å². The van der Waals surface area contributed by atoms with Crippen LogP contribution in [0.15, 0.2) is 77.7 Å². The summed E-state index contributed by atoms with van der Waals surface area (Å²) in [6.07, 6.45) is -4.60. The van der Waals surface area contributed by atoms with Crippen molar-refractivity contribution in [2.75, 3.05) is 17.1 Å². The second-order valence-electron chi connectivity index (χ2n) is 6.36. The summed E-state index contributed by atoms with van der Waals surface area (Å²) in [7, 11) is -2.70. The van der Waals surface area contributed by atoms with E-state index in [1.165, 1.54) is 37.4 Å². The van der Waals surface area contributed by atoms with Crippen LogP contribution in [0.5, 0.6) is 5.75 Å². The van der Waals surface area contributed by atoms with E-state index in [1.807, 2.05) is 0 Å². The number of halogens is 3. The number of nitrogens with one attached hydrogen (secondary N) is 2. The zero-order valence-corrected chi connectivity index (χ0v) is 16.9. The normalized spacial score (nSPS) is 11.6. The first-order valence-electron chi connectivity index (χ1n) is 8.85. The number of hydrogen-bond donors (Lipinski definition) is 2. The first kappa shape index (κ1) is 22.2. The minimum atomic E-state index is -4.60. The third kappa shape index (κ3) is 5.34. The zero-order valence-electron chi connectivity index (χ0n) is 16.1. The monoisotopic (exact) mass is 450 g/mol. The predicted molar refractivity (Wildman–Crippen MR) is 110 cm³/mol. The number of hydrogen-bond acceptors (Lipinski definition) is 4. The number of amides is 1. The first-order chi connectivity index (χ1) is 14.6. The summed E-state index contributed by atoms with van der Waals surface area (Å²) in [6.45, 7) is 0. The van der Waals surface area contributed by atoms with Gasteiger partial charge >= 0.3 is 6.18 Å². The molecule has 0 saturated carbocycles. The number of methoxy groups -OCH3 is 1. The lowest BCUT2D eigenvalue weighted by Gasteiger charge is -2.12. The fraction of sp³-hybridized carbons (Fsp3) is 0.0952. The second kappa shape index (κ2) is 8.68. The quantitative estimate of drug-likeness (QED) is 0.567. The molecule has 0 saturated heterocycles. The lowest BCUT2D eigenvalue weighted by Crippen LogP contribution is -2.15. The van der Waals surface area contributed by atoms with Crippen molar-refractivity contribution in [3.63, 3.8) is 0 Å². The lowest BCUT2D eigenvalue weighted by molar-refractivity contribution is -0.137. The number of alkyl halides is 3. The van der Waals surface area contributed by atoms with E-state index in [9.17, 15) is 26.4 Å². The van der Waals surface area contributed by atoms with E-state index in [1.54, 1.807) is 24.3 Å². The maximum Gasteiger partial charge on any atom is 0.416 e. The van der Waals surface area contributed by atoms with Crippen molar-refractivity contribution >= 4 is 27.3 Å². The van der Waals surface area contributed by atoms with Crippen molar-refractivity contribution in [1.29, 1.82) is 0 Å². The fourth-order valence-corrected chi connectivity index (χ4v) is 3.75. The van der Waals surface area contributed by atoms with E-state index < -0.39 is 27.7 Å². The van der Waals surface area contributed by atoms with Crippen LogP contribution in [0.1, 0.15) is 15.9 Å². The molecule has 3 aromatic carbocycles. The Balaban J connectivity index is 1.76. The highest BCUT2D eigenvalue weighted by molar-refractivity contribution is 7.92. The van der Waals surface area contributed by atoms with Gasteiger partial charge in [-0.05, 0) is 54.6 Å². The van der Waals surface area contributed by atoms with Gasteiger partial charge in [-0.1, -0.05) is 18.2 Å². The lowest BCUT2D eigenvalue weighted by atomic mass is 10.2. The molecule has 2 N–H and O–H groups in total. The Morgan fingerprint density at radius 3 is 2.26 bits per heavy atom. The van der Waals surface area contributed by atoms with E-state index in [0.29, 0.717) is 17.5 Å². The van der Waals surface area contributed by atoms with Gasteiger partial charge in [0.1, 0.15) is 5.75 Å². The second-order valence-corrected chi connectivity index (χ2v) is 8.05. The average molecular weight is 450 g/mol. The Morgan fingerprint density at radius 1 is 0.935 bits per heavy atom. The van der Waals surface area contributed by atoms with Crippen molar-refractivity contribution in [3.05, 3.63) is 83.9 Å². The van der Waals surface area contributed by atoms with Crippen molar-refractivity contribution in [2.24, 2.45) is 0 Å². The summed E-state index contributed by atoms with van der Waals surface area (Å²) in [6, 6.07) is 15.6. The van der Waals surface area contributed by atoms with Crippen LogP contribution in [0.4, 0.5) is 24.5 Å². The molecule has 3 rings (SSSR count). The molecule has 0 radical (unpaired) electrons. The van der Waals surface area contributed by atoms with Crippen LogP contribution in [-0.4, -0.2) is 21.4 Å². The van der Waals surface area contributed by atoms with Crippen molar-refractivity contribution in [3.8, 4) is 5.75 Å². The topological polar surface area (TPSA) is 84.5 Å². The van der Waals surface area contributed by atoms with Crippen molar-refractivity contribution < 1.29 is 31.1 Å². The number of benzene rings is 3. The first-order valence-corrected chi connectivity index (χ1v) is 10.3. The molecule has 0 unspecified atom stereocenters. The Hall–Kier alpha value is -3.53. The van der Waals surface area contributed by atoms with Crippen LogP contribution >= 0.6 is 0 Å². The molecule has 0 atom stereocenters. The number of anilines is 2. The Labute approximate surface area is 176 Å². The smallest absolute Gasteiger partial charge is 0.416 e. The molecule has 0 aliphatic rings. The van der Waals surface area contributed by atoms with Gasteiger partial charge in [0.15, 0.2) is 0 Å². The van der Waals surface area contributed by atoms with Crippen LogP contribution in [-0.2, 0) is 16.2 Å². The van der Waals surface area contributed by atoms with Crippen molar-refractivity contribution in [2.45, 2.75) is 11.1 Å². The molecule has 0 heterocycles. The summed E-state index contributed by atoms with van der Waals surface area (Å²) < 4.78 is 70.8. The summed E-state index contributed by atoms with van der Waals surface area (Å²) in [5.74, 6) is -0.0281. The van der Waals surface area contributed by atoms with Crippen molar-refractivity contribution in [1.82, 2.24) is 0 Å². The van der Waals surface area contributed by atoms with Gasteiger partial charge < -0.3 is 10.1 Å². The maximum atomic E-state index is 12.8. The average Bonchev–Trinajstić information content (AvgIpc) is 2.73. The summed E-state index contributed by atoms with van der Waals surface area (Å²) in [5.41, 5.74) is -0.578. The minimum Gasteiger partial charge on any atom is -0.495 e. The van der Waals surface area contributed by atoms with E-state index in [-0.39, 0.29) is 16.1 Å². The van der Waals surface area contributed by atoms with Gasteiger partial charge in [-0.3, -0.25) is 9.52 Å². The van der Waals surface area contributed by atoms with Crippen LogP contribution in [0, 0.1) is 0 Å². The highest BCUT2D eigenvalue weighted by Gasteiger charge is 2.30. The summed E-state index contributed by atoms with van der Waals surface area (Å²) in [4.78, 5) is 12.2. The molecule has 162 valence electrons. The predicted octanol–water partition coefficient (Wildman–Crippen LogP) is 4.77.